The second kappa shape index (κ2) is 5.70. The molecule has 2 aromatic rings. The Balaban J connectivity index is 2.08. The predicted octanol–water partition coefficient (Wildman–Crippen LogP) is 2.24. The Bertz CT molecular complexity index is 899. The maximum absolute atomic E-state index is 13.7. The topological polar surface area (TPSA) is 81.4 Å². The minimum atomic E-state index is -5.16. The van der Waals surface area contributed by atoms with Gasteiger partial charge in [0.2, 0.25) is 5.82 Å². The fourth-order valence-electron chi connectivity index (χ4n) is 2.11. The molecule has 130 valence electrons. The zero-order valence-electron chi connectivity index (χ0n) is 11.5. The molecule has 0 saturated heterocycles. The highest BCUT2D eigenvalue weighted by molar-refractivity contribution is 7.92. The van der Waals surface area contributed by atoms with Gasteiger partial charge in [0.1, 0.15) is 5.76 Å². The van der Waals surface area contributed by atoms with Crippen LogP contribution in [0.5, 0.6) is 0 Å². The smallest absolute Gasteiger partial charge is 0.269 e. The summed E-state index contributed by atoms with van der Waals surface area (Å²) >= 11 is 0. The zero-order chi connectivity index (χ0) is 17.6. The number of rotatable bonds is 3. The quantitative estimate of drug-likeness (QED) is 0.509. The number of fused-ring (bicyclic) bond motifs is 1. The summed E-state index contributed by atoms with van der Waals surface area (Å²) in [6.45, 7) is 0.208. The fourth-order valence-corrected chi connectivity index (χ4v) is 3.27. The maximum Gasteiger partial charge on any atom is 0.269 e. The molecule has 1 aromatic heterocycles. The first-order valence-corrected chi connectivity index (χ1v) is 7.81. The summed E-state index contributed by atoms with van der Waals surface area (Å²) in [6.07, 6.45) is 0.284. The standard InChI is InChI=1S/C12H7F5N2O4S/c13-6-7(14)9(16)11(10(17)8(6)15)24(20,21)19-12-4-3-22-2-1-5(4)23-18-12/h1-3H2,(H,18,19). The van der Waals surface area contributed by atoms with Crippen molar-refractivity contribution in [2.24, 2.45) is 0 Å². The van der Waals surface area contributed by atoms with Gasteiger partial charge in [-0.15, -0.1) is 0 Å². The van der Waals surface area contributed by atoms with Gasteiger partial charge in [0.05, 0.1) is 18.8 Å². The van der Waals surface area contributed by atoms with E-state index in [1.807, 2.05) is 0 Å². The average molecular weight is 370 g/mol. The number of hydrogen-bond acceptors (Lipinski definition) is 5. The number of aromatic nitrogens is 1. The average Bonchev–Trinajstić information content (AvgIpc) is 2.93. The van der Waals surface area contributed by atoms with E-state index in [9.17, 15) is 30.4 Å². The van der Waals surface area contributed by atoms with Crippen LogP contribution >= 0.6 is 0 Å². The van der Waals surface area contributed by atoms with E-state index in [1.54, 1.807) is 4.72 Å². The number of halogens is 5. The summed E-state index contributed by atoms with van der Waals surface area (Å²) < 4.78 is 102. The molecule has 0 spiro atoms. The fraction of sp³-hybridized carbons (Fsp3) is 0.250. The second-order valence-corrected chi connectivity index (χ2v) is 6.36. The lowest BCUT2D eigenvalue weighted by atomic mass is 10.2. The minimum absolute atomic E-state index is 0.0895. The van der Waals surface area contributed by atoms with Crippen LogP contribution in [0.1, 0.15) is 11.3 Å². The predicted molar refractivity (Wildman–Crippen MR) is 66.9 cm³/mol. The molecule has 0 bridgehead atoms. The molecule has 24 heavy (non-hydrogen) atoms. The minimum Gasteiger partial charge on any atom is -0.376 e. The third-order valence-electron chi connectivity index (χ3n) is 3.26. The number of benzene rings is 1. The van der Waals surface area contributed by atoms with Gasteiger partial charge in [0.25, 0.3) is 10.0 Å². The Hall–Kier alpha value is -2.21. The molecule has 1 aromatic carbocycles. The zero-order valence-corrected chi connectivity index (χ0v) is 12.3. The van der Waals surface area contributed by atoms with Crippen molar-refractivity contribution in [3.63, 3.8) is 0 Å². The van der Waals surface area contributed by atoms with Gasteiger partial charge < -0.3 is 9.26 Å². The van der Waals surface area contributed by atoms with Gasteiger partial charge in [-0.25, -0.2) is 30.4 Å². The Labute approximate surface area is 131 Å². The molecule has 1 aliphatic heterocycles. The molecule has 1 N–H and O–H groups in total. The van der Waals surface area contributed by atoms with Crippen LogP contribution in [0.2, 0.25) is 0 Å². The van der Waals surface area contributed by atoms with Gasteiger partial charge in [0.15, 0.2) is 34.0 Å². The van der Waals surface area contributed by atoms with Crippen LogP contribution in [0, 0.1) is 29.1 Å². The van der Waals surface area contributed by atoms with Crippen molar-refractivity contribution in [1.82, 2.24) is 5.16 Å². The van der Waals surface area contributed by atoms with E-state index in [0.717, 1.165) is 0 Å². The van der Waals surface area contributed by atoms with Gasteiger partial charge in [-0.05, 0) is 0 Å². The number of anilines is 1. The van der Waals surface area contributed by atoms with Crippen LogP contribution in [0.15, 0.2) is 9.42 Å². The molecular weight excluding hydrogens is 363 g/mol. The van der Waals surface area contributed by atoms with Gasteiger partial charge >= 0.3 is 0 Å². The lowest BCUT2D eigenvalue weighted by Crippen LogP contribution is -2.21. The van der Waals surface area contributed by atoms with Gasteiger partial charge in [-0.2, -0.15) is 0 Å². The largest absolute Gasteiger partial charge is 0.376 e. The van der Waals surface area contributed by atoms with Crippen LogP contribution in [0.25, 0.3) is 0 Å². The third kappa shape index (κ3) is 2.51. The summed E-state index contributed by atoms with van der Waals surface area (Å²) in [5.74, 6) is -12.3. The van der Waals surface area contributed by atoms with Crippen LogP contribution in [0.3, 0.4) is 0 Å². The number of nitrogens with zero attached hydrogens (tertiary/aromatic N) is 1. The lowest BCUT2D eigenvalue weighted by molar-refractivity contribution is 0.103. The molecular formula is C12H7F5N2O4S. The highest BCUT2D eigenvalue weighted by atomic mass is 32.2. The molecule has 0 saturated carbocycles. The normalized spacial score (nSPS) is 14.5. The number of hydrogen-bond donors (Lipinski definition) is 1. The van der Waals surface area contributed by atoms with Crippen LogP contribution in [0.4, 0.5) is 27.8 Å². The first-order chi connectivity index (χ1) is 11.2. The number of sulfonamides is 1. The van der Waals surface area contributed by atoms with E-state index in [4.69, 9.17) is 9.26 Å². The first-order valence-electron chi connectivity index (χ1n) is 6.33. The Morgan fingerprint density at radius 1 is 0.958 bits per heavy atom. The molecule has 0 unspecified atom stereocenters. The molecule has 2 heterocycles. The third-order valence-corrected chi connectivity index (χ3v) is 4.62. The molecule has 0 aliphatic carbocycles. The maximum atomic E-state index is 13.7. The van der Waals surface area contributed by atoms with E-state index in [2.05, 4.69) is 5.16 Å². The van der Waals surface area contributed by atoms with Crippen molar-refractivity contribution in [2.45, 2.75) is 17.9 Å². The van der Waals surface area contributed by atoms with Gasteiger partial charge in [-0.1, -0.05) is 5.16 Å². The molecule has 12 heteroatoms. The SMILES string of the molecule is O=S(=O)(Nc1noc2c1COCC2)c1c(F)c(F)c(F)c(F)c1F. The molecule has 3 rings (SSSR count). The molecule has 1 aliphatic rings. The van der Waals surface area contributed by atoms with Crippen molar-refractivity contribution < 1.29 is 39.6 Å². The Kier molecular flexibility index (Phi) is 3.95. The summed E-state index contributed by atoms with van der Waals surface area (Å²) in [4.78, 5) is -2.01. The van der Waals surface area contributed by atoms with Crippen LogP contribution in [-0.2, 0) is 27.8 Å². The number of ether oxygens (including phenoxy) is 1. The van der Waals surface area contributed by atoms with Gasteiger partial charge in [-0.3, -0.25) is 4.72 Å². The van der Waals surface area contributed by atoms with E-state index >= 15 is 0 Å². The second-order valence-electron chi connectivity index (χ2n) is 4.74. The summed E-state index contributed by atoms with van der Waals surface area (Å²) in [6, 6.07) is 0. The van der Waals surface area contributed by atoms with Crippen LogP contribution in [-0.4, -0.2) is 20.2 Å². The van der Waals surface area contributed by atoms with Crippen molar-refractivity contribution in [3.05, 3.63) is 40.4 Å². The van der Waals surface area contributed by atoms with Crippen molar-refractivity contribution in [2.75, 3.05) is 11.3 Å². The summed E-state index contributed by atoms with van der Waals surface area (Å²) in [7, 11) is -5.16. The Morgan fingerprint density at radius 2 is 1.54 bits per heavy atom. The molecule has 0 radical (unpaired) electrons. The summed E-state index contributed by atoms with van der Waals surface area (Å²) in [5.41, 5.74) is 0.175. The van der Waals surface area contributed by atoms with E-state index in [-0.39, 0.29) is 24.4 Å². The van der Waals surface area contributed by atoms with Gasteiger partial charge in [0, 0.05) is 6.42 Å². The van der Waals surface area contributed by atoms with E-state index < -0.39 is 49.8 Å². The van der Waals surface area contributed by atoms with Crippen molar-refractivity contribution >= 4 is 15.8 Å². The lowest BCUT2D eigenvalue weighted by Gasteiger charge is -2.12. The van der Waals surface area contributed by atoms with Crippen molar-refractivity contribution in [3.8, 4) is 0 Å². The molecule has 0 fully saturated rings. The summed E-state index contributed by atoms with van der Waals surface area (Å²) in [5, 5.41) is 3.38. The van der Waals surface area contributed by atoms with Crippen molar-refractivity contribution in [1.29, 1.82) is 0 Å². The van der Waals surface area contributed by atoms with Crippen LogP contribution < -0.4 is 4.72 Å². The molecule has 0 amide bonds. The first kappa shape index (κ1) is 16.6. The highest BCUT2D eigenvalue weighted by Crippen LogP contribution is 2.30. The monoisotopic (exact) mass is 370 g/mol. The van der Waals surface area contributed by atoms with E-state index in [1.165, 1.54) is 0 Å². The highest BCUT2D eigenvalue weighted by Gasteiger charge is 2.35. The molecule has 6 nitrogen and oxygen atoms in total. The van der Waals surface area contributed by atoms with E-state index in [0.29, 0.717) is 6.61 Å². The Morgan fingerprint density at radius 3 is 2.17 bits per heavy atom. The number of nitrogens with one attached hydrogen (secondary N) is 1. The molecule has 0 atom stereocenters.